The SMILES string of the molecule is Cc1cc(C)cc(NC(C)c2sc3ccccc3c2C)c1. The van der Waals surface area contributed by atoms with Gasteiger partial charge in [-0.1, -0.05) is 24.3 Å². The fourth-order valence-electron chi connectivity index (χ4n) is 2.98. The number of hydrogen-bond donors (Lipinski definition) is 1. The van der Waals surface area contributed by atoms with Gasteiger partial charge in [0.15, 0.2) is 0 Å². The Hall–Kier alpha value is -1.80. The lowest BCUT2D eigenvalue weighted by Gasteiger charge is -2.16. The Balaban J connectivity index is 1.93. The Kier molecular flexibility index (Phi) is 3.73. The van der Waals surface area contributed by atoms with Gasteiger partial charge in [0.1, 0.15) is 0 Å². The molecule has 0 amide bonds. The molecule has 2 aromatic carbocycles. The van der Waals surface area contributed by atoms with Crippen molar-refractivity contribution in [3.05, 3.63) is 64.0 Å². The van der Waals surface area contributed by atoms with Gasteiger partial charge >= 0.3 is 0 Å². The number of benzene rings is 2. The van der Waals surface area contributed by atoms with E-state index < -0.39 is 0 Å². The highest BCUT2D eigenvalue weighted by molar-refractivity contribution is 7.19. The first kappa shape index (κ1) is 14.2. The van der Waals surface area contributed by atoms with Crippen LogP contribution in [0.3, 0.4) is 0 Å². The molecule has 3 aromatic rings. The van der Waals surface area contributed by atoms with Crippen LogP contribution < -0.4 is 5.32 Å². The maximum atomic E-state index is 3.65. The molecule has 0 aliphatic heterocycles. The van der Waals surface area contributed by atoms with Crippen LogP contribution in [0.5, 0.6) is 0 Å². The number of nitrogens with one attached hydrogen (secondary N) is 1. The normalized spacial score (nSPS) is 12.6. The number of thiophene rings is 1. The molecule has 0 bridgehead atoms. The summed E-state index contributed by atoms with van der Waals surface area (Å²) in [5.74, 6) is 0. The Morgan fingerprint density at radius 2 is 1.62 bits per heavy atom. The average molecular weight is 295 g/mol. The summed E-state index contributed by atoms with van der Waals surface area (Å²) in [6.45, 7) is 8.77. The molecule has 21 heavy (non-hydrogen) atoms. The van der Waals surface area contributed by atoms with E-state index in [4.69, 9.17) is 0 Å². The summed E-state index contributed by atoms with van der Waals surface area (Å²) >= 11 is 1.90. The topological polar surface area (TPSA) is 12.0 Å². The number of aryl methyl sites for hydroxylation is 3. The molecule has 1 nitrogen and oxygen atoms in total. The molecule has 0 fully saturated rings. The van der Waals surface area contributed by atoms with Gasteiger partial charge in [0.25, 0.3) is 0 Å². The summed E-state index contributed by atoms with van der Waals surface area (Å²) in [4.78, 5) is 1.43. The lowest BCUT2D eigenvalue weighted by molar-refractivity contribution is 0.900. The molecule has 1 N–H and O–H groups in total. The Morgan fingerprint density at radius 3 is 2.29 bits per heavy atom. The van der Waals surface area contributed by atoms with Gasteiger partial charge < -0.3 is 5.32 Å². The van der Waals surface area contributed by atoms with Crippen LogP contribution in [-0.4, -0.2) is 0 Å². The molecule has 0 aliphatic rings. The second kappa shape index (κ2) is 5.53. The molecule has 108 valence electrons. The van der Waals surface area contributed by atoms with Crippen molar-refractivity contribution in [2.45, 2.75) is 33.7 Å². The van der Waals surface area contributed by atoms with E-state index in [-0.39, 0.29) is 0 Å². The summed E-state index contributed by atoms with van der Waals surface area (Å²) in [6, 6.07) is 15.6. The van der Waals surface area contributed by atoms with Gasteiger partial charge in [0.2, 0.25) is 0 Å². The highest BCUT2D eigenvalue weighted by Gasteiger charge is 2.14. The molecule has 0 spiro atoms. The fourth-order valence-corrected chi connectivity index (χ4v) is 4.19. The minimum Gasteiger partial charge on any atom is -0.378 e. The third-order valence-corrected chi connectivity index (χ3v) is 5.33. The molecule has 1 aromatic heterocycles. The standard InChI is InChI=1S/C19H21NS/c1-12-9-13(2)11-16(10-12)20-15(4)19-14(3)17-7-5-6-8-18(17)21-19/h5-11,15,20H,1-4H3. The zero-order valence-corrected chi connectivity index (χ0v) is 13.8. The molecule has 1 unspecified atom stereocenters. The van der Waals surface area contributed by atoms with Crippen LogP contribution in [0, 0.1) is 20.8 Å². The van der Waals surface area contributed by atoms with E-state index in [1.807, 2.05) is 11.3 Å². The smallest absolute Gasteiger partial charge is 0.0581 e. The van der Waals surface area contributed by atoms with Gasteiger partial charge in [-0.15, -0.1) is 11.3 Å². The summed E-state index contributed by atoms with van der Waals surface area (Å²) in [6.07, 6.45) is 0. The van der Waals surface area contributed by atoms with Crippen LogP contribution >= 0.6 is 11.3 Å². The largest absolute Gasteiger partial charge is 0.378 e. The van der Waals surface area contributed by atoms with Gasteiger partial charge in [-0.25, -0.2) is 0 Å². The number of hydrogen-bond acceptors (Lipinski definition) is 2. The summed E-state index contributed by atoms with van der Waals surface area (Å²) in [7, 11) is 0. The third-order valence-electron chi connectivity index (χ3n) is 3.88. The first-order chi connectivity index (χ1) is 10.0. The predicted octanol–water partition coefficient (Wildman–Crippen LogP) is 6.00. The second-order valence-corrected chi connectivity index (χ2v) is 6.91. The van der Waals surface area contributed by atoms with E-state index in [1.165, 1.54) is 37.3 Å². The summed E-state index contributed by atoms with van der Waals surface area (Å²) in [5.41, 5.74) is 5.22. The van der Waals surface area contributed by atoms with Crippen molar-refractivity contribution in [2.75, 3.05) is 5.32 Å². The molecular formula is C19H21NS. The van der Waals surface area contributed by atoms with E-state index in [0.717, 1.165) is 0 Å². The van der Waals surface area contributed by atoms with Crippen LogP contribution in [0.25, 0.3) is 10.1 Å². The van der Waals surface area contributed by atoms with Crippen LogP contribution in [0.2, 0.25) is 0 Å². The van der Waals surface area contributed by atoms with Crippen molar-refractivity contribution in [3.8, 4) is 0 Å². The lowest BCUT2D eigenvalue weighted by atomic mass is 10.1. The van der Waals surface area contributed by atoms with Crippen molar-refractivity contribution in [2.24, 2.45) is 0 Å². The van der Waals surface area contributed by atoms with Crippen LogP contribution in [0.1, 0.15) is 34.5 Å². The Labute approximate surface area is 130 Å². The molecule has 0 saturated carbocycles. The minimum atomic E-state index is 0.323. The number of rotatable bonds is 3. The van der Waals surface area contributed by atoms with E-state index in [9.17, 15) is 0 Å². The van der Waals surface area contributed by atoms with Gasteiger partial charge in [-0.2, -0.15) is 0 Å². The first-order valence-corrected chi connectivity index (χ1v) is 8.19. The predicted molar refractivity (Wildman–Crippen MR) is 94.5 cm³/mol. The fraction of sp³-hybridized carbons (Fsp3) is 0.263. The van der Waals surface area contributed by atoms with Gasteiger partial charge in [-0.3, -0.25) is 0 Å². The van der Waals surface area contributed by atoms with Crippen LogP contribution in [-0.2, 0) is 0 Å². The molecule has 0 saturated heterocycles. The molecule has 3 rings (SSSR count). The molecular weight excluding hydrogens is 274 g/mol. The van der Waals surface area contributed by atoms with E-state index >= 15 is 0 Å². The summed E-state index contributed by atoms with van der Waals surface area (Å²) < 4.78 is 1.37. The van der Waals surface area contributed by atoms with Gasteiger partial charge in [0.05, 0.1) is 6.04 Å². The van der Waals surface area contributed by atoms with Crippen molar-refractivity contribution in [1.82, 2.24) is 0 Å². The zero-order valence-electron chi connectivity index (χ0n) is 13.0. The van der Waals surface area contributed by atoms with Crippen molar-refractivity contribution < 1.29 is 0 Å². The van der Waals surface area contributed by atoms with Crippen LogP contribution in [0.4, 0.5) is 5.69 Å². The second-order valence-electron chi connectivity index (χ2n) is 5.83. The van der Waals surface area contributed by atoms with E-state index in [2.05, 4.69) is 75.5 Å². The average Bonchev–Trinajstić information content (AvgIpc) is 2.76. The number of fused-ring (bicyclic) bond motifs is 1. The molecule has 2 heteroatoms. The van der Waals surface area contributed by atoms with Crippen molar-refractivity contribution in [3.63, 3.8) is 0 Å². The molecule has 1 atom stereocenters. The molecule has 0 aliphatic carbocycles. The van der Waals surface area contributed by atoms with Gasteiger partial charge in [-0.05, 0) is 68.0 Å². The van der Waals surface area contributed by atoms with Crippen molar-refractivity contribution >= 4 is 27.1 Å². The van der Waals surface area contributed by atoms with Crippen LogP contribution in [0.15, 0.2) is 42.5 Å². The molecule has 0 radical (unpaired) electrons. The third kappa shape index (κ3) is 2.81. The summed E-state index contributed by atoms with van der Waals surface area (Å²) in [5, 5.41) is 5.03. The number of anilines is 1. The van der Waals surface area contributed by atoms with Gasteiger partial charge in [0, 0.05) is 15.3 Å². The lowest BCUT2D eigenvalue weighted by Crippen LogP contribution is -2.06. The van der Waals surface area contributed by atoms with E-state index in [1.54, 1.807) is 0 Å². The highest BCUT2D eigenvalue weighted by Crippen LogP contribution is 2.35. The Morgan fingerprint density at radius 1 is 0.952 bits per heavy atom. The quantitative estimate of drug-likeness (QED) is 0.625. The maximum absolute atomic E-state index is 3.65. The first-order valence-electron chi connectivity index (χ1n) is 7.37. The monoisotopic (exact) mass is 295 g/mol. The Bertz CT molecular complexity index is 765. The van der Waals surface area contributed by atoms with E-state index in [0.29, 0.717) is 6.04 Å². The highest BCUT2D eigenvalue weighted by atomic mass is 32.1. The van der Waals surface area contributed by atoms with Crippen molar-refractivity contribution in [1.29, 1.82) is 0 Å². The minimum absolute atomic E-state index is 0.323. The zero-order chi connectivity index (χ0) is 15.0. The maximum Gasteiger partial charge on any atom is 0.0581 e. The molecule has 1 heterocycles.